The summed E-state index contributed by atoms with van der Waals surface area (Å²) in [4.78, 5) is 18.9. The highest BCUT2D eigenvalue weighted by molar-refractivity contribution is 5.78. The van der Waals surface area contributed by atoms with Gasteiger partial charge < -0.3 is 9.42 Å². The monoisotopic (exact) mass is 292 g/mol. The highest BCUT2D eigenvalue weighted by atomic mass is 16.5. The third-order valence-electron chi connectivity index (χ3n) is 4.34. The van der Waals surface area contributed by atoms with Gasteiger partial charge in [0.25, 0.3) is 0 Å². The first-order valence-corrected chi connectivity index (χ1v) is 7.85. The van der Waals surface area contributed by atoms with E-state index >= 15 is 0 Å². The van der Waals surface area contributed by atoms with Gasteiger partial charge in [-0.1, -0.05) is 5.16 Å². The Morgan fingerprint density at radius 3 is 2.48 bits per heavy atom. The fourth-order valence-corrected chi connectivity index (χ4v) is 3.11. The van der Waals surface area contributed by atoms with Gasteiger partial charge in [0.2, 0.25) is 5.91 Å². The smallest absolute Gasteiger partial charge is 0.236 e. The molecule has 0 bridgehead atoms. The molecule has 0 radical (unpaired) electrons. The van der Waals surface area contributed by atoms with Crippen LogP contribution in [0.25, 0.3) is 0 Å². The molecule has 0 aliphatic carbocycles. The molecule has 0 saturated carbocycles. The number of likely N-dealkylation sites (tertiary alicyclic amines) is 1. The van der Waals surface area contributed by atoms with Crippen LogP contribution in [0.15, 0.2) is 10.6 Å². The van der Waals surface area contributed by atoms with Crippen LogP contribution in [-0.4, -0.2) is 71.6 Å². The number of aryl methyl sites for hydroxylation is 1. The van der Waals surface area contributed by atoms with Crippen molar-refractivity contribution in [2.75, 3.05) is 45.8 Å². The van der Waals surface area contributed by atoms with E-state index in [0.29, 0.717) is 6.54 Å². The minimum atomic E-state index is 0.286. The van der Waals surface area contributed by atoms with Crippen molar-refractivity contribution in [1.82, 2.24) is 19.9 Å². The van der Waals surface area contributed by atoms with Crippen LogP contribution in [0.2, 0.25) is 0 Å². The molecule has 6 nitrogen and oxygen atoms in total. The molecule has 0 N–H and O–H groups in total. The normalized spacial score (nSPS) is 21.1. The summed E-state index contributed by atoms with van der Waals surface area (Å²) in [5, 5.41) is 4.03. The van der Waals surface area contributed by atoms with Gasteiger partial charge in [-0.2, -0.15) is 0 Å². The van der Waals surface area contributed by atoms with Crippen molar-refractivity contribution >= 4 is 5.91 Å². The molecule has 2 saturated heterocycles. The Labute approximate surface area is 125 Å². The van der Waals surface area contributed by atoms with E-state index in [9.17, 15) is 4.79 Å². The quantitative estimate of drug-likeness (QED) is 0.818. The van der Waals surface area contributed by atoms with E-state index in [1.165, 1.54) is 12.8 Å². The summed E-state index contributed by atoms with van der Waals surface area (Å²) in [5.41, 5.74) is 0.976. The summed E-state index contributed by atoms with van der Waals surface area (Å²) in [5.74, 6) is 1.14. The average molecular weight is 292 g/mol. The molecule has 21 heavy (non-hydrogen) atoms. The Balaban J connectivity index is 1.42. The Hall–Kier alpha value is -1.40. The molecule has 3 rings (SSSR count). The van der Waals surface area contributed by atoms with Crippen molar-refractivity contribution in [3.8, 4) is 0 Å². The Bertz CT molecular complexity index is 474. The molecule has 0 aromatic carbocycles. The Morgan fingerprint density at radius 1 is 1.14 bits per heavy atom. The van der Waals surface area contributed by atoms with Crippen molar-refractivity contribution in [2.24, 2.45) is 0 Å². The van der Waals surface area contributed by atoms with Gasteiger partial charge in [-0.15, -0.1) is 0 Å². The number of hydrogen-bond donors (Lipinski definition) is 0. The lowest BCUT2D eigenvalue weighted by atomic mass is 10.2. The zero-order valence-corrected chi connectivity index (χ0v) is 12.8. The van der Waals surface area contributed by atoms with Crippen LogP contribution in [0.1, 0.15) is 24.3 Å². The highest BCUT2D eigenvalue weighted by Crippen LogP contribution is 2.11. The second-order valence-electron chi connectivity index (χ2n) is 6.07. The second-order valence-corrected chi connectivity index (χ2v) is 6.07. The van der Waals surface area contributed by atoms with E-state index in [0.717, 1.165) is 57.3 Å². The fourth-order valence-electron chi connectivity index (χ4n) is 3.11. The van der Waals surface area contributed by atoms with Crippen LogP contribution >= 0.6 is 0 Å². The van der Waals surface area contributed by atoms with Crippen LogP contribution in [0.3, 0.4) is 0 Å². The number of carbonyl (C=O) groups excluding carboxylic acids is 1. The van der Waals surface area contributed by atoms with Gasteiger partial charge in [0, 0.05) is 38.8 Å². The third kappa shape index (κ3) is 3.83. The molecule has 6 heteroatoms. The predicted octanol–water partition coefficient (Wildman–Crippen LogP) is 0.723. The molecule has 1 aromatic heterocycles. The van der Waals surface area contributed by atoms with Crippen molar-refractivity contribution in [3.05, 3.63) is 17.5 Å². The summed E-state index contributed by atoms with van der Waals surface area (Å²) in [6.45, 7) is 8.95. The third-order valence-corrected chi connectivity index (χ3v) is 4.34. The largest absolute Gasteiger partial charge is 0.361 e. The van der Waals surface area contributed by atoms with E-state index < -0.39 is 0 Å². The zero-order valence-electron chi connectivity index (χ0n) is 12.8. The van der Waals surface area contributed by atoms with Crippen LogP contribution in [-0.2, 0) is 11.3 Å². The fraction of sp³-hybridized carbons (Fsp3) is 0.733. The maximum atomic E-state index is 12.3. The second kappa shape index (κ2) is 6.58. The number of amides is 1. The van der Waals surface area contributed by atoms with Gasteiger partial charge in [-0.05, 0) is 32.9 Å². The number of hydrogen-bond acceptors (Lipinski definition) is 5. The maximum Gasteiger partial charge on any atom is 0.236 e. The van der Waals surface area contributed by atoms with E-state index in [1.807, 2.05) is 17.9 Å². The first kappa shape index (κ1) is 14.5. The summed E-state index contributed by atoms with van der Waals surface area (Å²) in [6.07, 6.45) is 2.47. The molecule has 0 unspecified atom stereocenters. The molecule has 116 valence electrons. The van der Waals surface area contributed by atoms with Crippen molar-refractivity contribution in [3.63, 3.8) is 0 Å². The van der Waals surface area contributed by atoms with Crippen LogP contribution in [0, 0.1) is 6.92 Å². The van der Waals surface area contributed by atoms with E-state index in [-0.39, 0.29) is 5.91 Å². The summed E-state index contributed by atoms with van der Waals surface area (Å²) >= 11 is 0. The predicted molar refractivity (Wildman–Crippen MR) is 78.8 cm³/mol. The van der Waals surface area contributed by atoms with Crippen LogP contribution < -0.4 is 0 Å². The van der Waals surface area contributed by atoms with Crippen molar-refractivity contribution in [2.45, 2.75) is 26.3 Å². The Kier molecular flexibility index (Phi) is 4.55. The van der Waals surface area contributed by atoms with E-state index in [4.69, 9.17) is 4.52 Å². The highest BCUT2D eigenvalue weighted by Gasteiger charge is 2.24. The summed E-state index contributed by atoms with van der Waals surface area (Å²) in [7, 11) is 0. The summed E-state index contributed by atoms with van der Waals surface area (Å²) in [6, 6.07) is 1.98. The Morgan fingerprint density at radius 2 is 1.86 bits per heavy atom. The van der Waals surface area contributed by atoms with Gasteiger partial charge in [-0.3, -0.25) is 14.6 Å². The average Bonchev–Trinajstić information content (AvgIpc) is 3.12. The van der Waals surface area contributed by atoms with Crippen LogP contribution in [0.5, 0.6) is 0 Å². The molecule has 0 atom stereocenters. The maximum absolute atomic E-state index is 12.3. The number of rotatable bonds is 4. The number of aromatic nitrogens is 1. The van der Waals surface area contributed by atoms with Gasteiger partial charge in [-0.25, -0.2) is 0 Å². The topological polar surface area (TPSA) is 52.8 Å². The number of carbonyl (C=O) groups is 1. The van der Waals surface area contributed by atoms with E-state index in [2.05, 4.69) is 15.0 Å². The van der Waals surface area contributed by atoms with E-state index in [1.54, 1.807) is 0 Å². The number of piperazine rings is 1. The lowest BCUT2D eigenvalue weighted by Gasteiger charge is -2.35. The molecular formula is C15H24N4O2. The van der Waals surface area contributed by atoms with Gasteiger partial charge in [0.1, 0.15) is 5.76 Å². The molecule has 2 fully saturated rings. The minimum Gasteiger partial charge on any atom is -0.361 e. The first-order valence-electron chi connectivity index (χ1n) is 7.85. The van der Waals surface area contributed by atoms with Gasteiger partial charge >= 0.3 is 0 Å². The lowest BCUT2D eigenvalue weighted by Crippen LogP contribution is -2.50. The number of nitrogens with zero attached hydrogens (tertiary/aromatic N) is 4. The van der Waals surface area contributed by atoms with Gasteiger partial charge in [0.05, 0.1) is 12.2 Å². The van der Waals surface area contributed by atoms with Crippen molar-refractivity contribution in [1.29, 1.82) is 0 Å². The molecule has 3 heterocycles. The molecule has 0 spiro atoms. The molecule has 1 amide bonds. The standard InChI is InChI=1S/C15H24N4O2/c1-13-10-14(16-21-13)11-18-6-8-19(9-7-18)15(20)12-17-4-2-3-5-17/h10H,2-9,11-12H2,1H3. The minimum absolute atomic E-state index is 0.286. The molecular weight excluding hydrogens is 268 g/mol. The summed E-state index contributed by atoms with van der Waals surface area (Å²) < 4.78 is 5.09. The molecule has 2 aliphatic rings. The molecule has 1 aromatic rings. The van der Waals surface area contributed by atoms with Crippen molar-refractivity contribution < 1.29 is 9.32 Å². The SMILES string of the molecule is Cc1cc(CN2CCN(C(=O)CN3CCCC3)CC2)no1. The lowest BCUT2D eigenvalue weighted by molar-refractivity contribution is -0.134. The van der Waals surface area contributed by atoms with Gasteiger partial charge in [0.15, 0.2) is 0 Å². The first-order chi connectivity index (χ1) is 10.2. The van der Waals surface area contributed by atoms with Crippen LogP contribution in [0.4, 0.5) is 0 Å². The molecule has 2 aliphatic heterocycles. The zero-order chi connectivity index (χ0) is 14.7.